The van der Waals surface area contributed by atoms with Crippen LogP contribution in [-0.4, -0.2) is 47.8 Å². The SMILES string of the molecule is COc1nc(Nc2ccc(F)cc2)c(F)cc1CNC(=O)[C@@H]1CCCN1.O=C(O)C(F)(F)F. The number of ether oxygens (including phenoxy) is 1. The van der Waals surface area contributed by atoms with E-state index in [1.165, 1.54) is 37.4 Å². The lowest BCUT2D eigenvalue weighted by Gasteiger charge is -2.14. The Morgan fingerprint density at radius 3 is 2.39 bits per heavy atom. The number of carboxylic acids is 1. The van der Waals surface area contributed by atoms with Gasteiger partial charge in [0.05, 0.1) is 13.2 Å². The second-order valence-corrected chi connectivity index (χ2v) is 6.79. The van der Waals surface area contributed by atoms with Crippen LogP contribution in [0.15, 0.2) is 30.3 Å². The molecular formula is C20H21F5N4O4. The summed E-state index contributed by atoms with van der Waals surface area (Å²) in [6.07, 6.45) is -3.34. The molecule has 0 radical (unpaired) electrons. The third-order valence-electron chi connectivity index (χ3n) is 4.39. The van der Waals surface area contributed by atoms with Crippen LogP contribution in [0.2, 0.25) is 0 Å². The highest BCUT2D eigenvalue weighted by atomic mass is 19.4. The fraction of sp³-hybridized carbons (Fsp3) is 0.350. The van der Waals surface area contributed by atoms with Crippen molar-refractivity contribution in [3.8, 4) is 5.88 Å². The van der Waals surface area contributed by atoms with Gasteiger partial charge in [0, 0.05) is 17.8 Å². The Kier molecular flexibility index (Phi) is 8.91. The number of pyridine rings is 1. The molecule has 4 N–H and O–H groups in total. The number of alkyl halides is 3. The maximum Gasteiger partial charge on any atom is 0.490 e. The highest BCUT2D eigenvalue weighted by Crippen LogP contribution is 2.25. The fourth-order valence-electron chi connectivity index (χ4n) is 2.78. The number of aliphatic carboxylic acids is 1. The summed E-state index contributed by atoms with van der Waals surface area (Å²) in [7, 11) is 1.42. The summed E-state index contributed by atoms with van der Waals surface area (Å²) in [4.78, 5) is 25.1. The van der Waals surface area contributed by atoms with E-state index >= 15 is 0 Å². The Morgan fingerprint density at radius 1 is 1.24 bits per heavy atom. The summed E-state index contributed by atoms with van der Waals surface area (Å²) in [6, 6.07) is 6.53. The number of hydrogen-bond acceptors (Lipinski definition) is 6. The van der Waals surface area contributed by atoms with Gasteiger partial charge in [-0.15, -0.1) is 0 Å². The number of aromatic nitrogens is 1. The lowest BCUT2D eigenvalue weighted by molar-refractivity contribution is -0.192. The molecule has 0 aliphatic carbocycles. The van der Waals surface area contributed by atoms with Crippen LogP contribution in [0.1, 0.15) is 18.4 Å². The zero-order valence-corrected chi connectivity index (χ0v) is 17.3. The number of amides is 1. The monoisotopic (exact) mass is 476 g/mol. The van der Waals surface area contributed by atoms with Crippen LogP contribution in [0, 0.1) is 11.6 Å². The highest BCUT2D eigenvalue weighted by Gasteiger charge is 2.38. The molecule has 0 unspecified atom stereocenters. The average Bonchev–Trinajstić information content (AvgIpc) is 3.30. The lowest BCUT2D eigenvalue weighted by Crippen LogP contribution is -2.40. The van der Waals surface area contributed by atoms with E-state index in [-0.39, 0.29) is 36.0 Å². The minimum Gasteiger partial charge on any atom is -0.481 e. The van der Waals surface area contributed by atoms with E-state index in [4.69, 9.17) is 14.6 Å². The van der Waals surface area contributed by atoms with Gasteiger partial charge in [-0.1, -0.05) is 0 Å². The molecule has 1 atom stereocenters. The molecular weight excluding hydrogens is 455 g/mol. The lowest BCUT2D eigenvalue weighted by atomic mass is 10.2. The van der Waals surface area contributed by atoms with Crippen molar-refractivity contribution >= 4 is 23.4 Å². The molecule has 13 heteroatoms. The molecule has 1 aliphatic heterocycles. The van der Waals surface area contributed by atoms with E-state index in [9.17, 15) is 26.7 Å². The van der Waals surface area contributed by atoms with Gasteiger partial charge in [-0.3, -0.25) is 4.79 Å². The summed E-state index contributed by atoms with van der Waals surface area (Å²) in [5.41, 5.74) is 0.925. The van der Waals surface area contributed by atoms with E-state index in [1.54, 1.807) is 0 Å². The van der Waals surface area contributed by atoms with Crippen LogP contribution < -0.4 is 20.7 Å². The summed E-state index contributed by atoms with van der Waals surface area (Å²) in [6.45, 7) is 0.933. The van der Waals surface area contributed by atoms with Crippen LogP contribution in [0.3, 0.4) is 0 Å². The first-order valence-electron chi connectivity index (χ1n) is 9.58. The van der Waals surface area contributed by atoms with Crippen LogP contribution in [0.5, 0.6) is 5.88 Å². The minimum absolute atomic E-state index is 0.0407. The van der Waals surface area contributed by atoms with Crippen molar-refractivity contribution in [3.63, 3.8) is 0 Å². The summed E-state index contributed by atoms with van der Waals surface area (Å²) in [5.74, 6) is -3.70. The maximum atomic E-state index is 14.4. The quantitative estimate of drug-likeness (QED) is 0.474. The van der Waals surface area contributed by atoms with Crippen molar-refractivity contribution in [2.75, 3.05) is 19.0 Å². The van der Waals surface area contributed by atoms with Crippen molar-refractivity contribution in [2.24, 2.45) is 0 Å². The van der Waals surface area contributed by atoms with Gasteiger partial charge in [-0.2, -0.15) is 18.2 Å². The number of nitrogens with zero attached hydrogens (tertiary/aromatic N) is 1. The first kappa shape index (κ1) is 25.8. The predicted molar refractivity (Wildman–Crippen MR) is 107 cm³/mol. The molecule has 2 aromatic rings. The molecule has 8 nitrogen and oxygen atoms in total. The Bertz CT molecular complexity index is 964. The second-order valence-electron chi connectivity index (χ2n) is 6.79. The molecule has 180 valence electrons. The van der Waals surface area contributed by atoms with E-state index in [1.807, 2.05) is 0 Å². The molecule has 1 aliphatic rings. The van der Waals surface area contributed by atoms with Gasteiger partial charge in [0.2, 0.25) is 11.8 Å². The fourth-order valence-corrected chi connectivity index (χ4v) is 2.78. The van der Waals surface area contributed by atoms with Gasteiger partial charge < -0.3 is 25.8 Å². The number of anilines is 2. The number of hydrogen-bond donors (Lipinski definition) is 4. The van der Waals surface area contributed by atoms with Crippen molar-refractivity contribution < 1.29 is 41.4 Å². The zero-order chi connectivity index (χ0) is 24.6. The number of carbonyl (C=O) groups excluding carboxylic acids is 1. The first-order chi connectivity index (χ1) is 15.5. The van der Waals surface area contributed by atoms with Crippen LogP contribution >= 0.6 is 0 Å². The summed E-state index contributed by atoms with van der Waals surface area (Å²) >= 11 is 0. The molecule has 1 aromatic carbocycles. The molecule has 3 rings (SSSR count). The van der Waals surface area contributed by atoms with Gasteiger partial charge in [0.15, 0.2) is 11.6 Å². The molecule has 33 heavy (non-hydrogen) atoms. The van der Waals surface area contributed by atoms with Crippen LogP contribution in [0.4, 0.5) is 33.5 Å². The Hall–Kier alpha value is -3.48. The van der Waals surface area contributed by atoms with E-state index < -0.39 is 18.0 Å². The Labute approximate surface area is 185 Å². The minimum atomic E-state index is -5.08. The van der Waals surface area contributed by atoms with Gasteiger partial charge in [-0.05, 0) is 49.7 Å². The number of methoxy groups -OCH3 is 1. The number of carbonyl (C=O) groups is 2. The molecule has 2 heterocycles. The van der Waals surface area contributed by atoms with Crippen molar-refractivity contribution in [1.82, 2.24) is 15.6 Å². The molecule has 1 fully saturated rings. The molecule has 1 aromatic heterocycles. The van der Waals surface area contributed by atoms with Crippen molar-refractivity contribution in [2.45, 2.75) is 31.6 Å². The largest absolute Gasteiger partial charge is 0.490 e. The second kappa shape index (κ2) is 11.4. The number of carboxylic acid groups (broad SMARTS) is 1. The number of nitrogens with one attached hydrogen (secondary N) is 3. The smallest absolute Gasteiger partial charge is 0.481 e. The molecule has 0 spiro atoms. The Balaban J connectivity index is 0.000000479. The maximum absolute atomic E-state index is 14.4. The number of rotatable bonds is 6. The van der Waals surface area contributed by atoms with Gasteiger partial charge in [0.1, 0.15) is 5.82 Å². The van der Waals surface area contributed by atoms with Gasteiger partial charge in [-0.25, -0.2) is 13.6 Å². The Morgan fingerprint density at radius 2 is 1.88 bits per heavy atom. The van der Waals surface area contributed by atoms with E-state index in [0.29, 0.717) is 11.3 Å². The molecule has 0 saturated carbocycles. The van der Waals surface area contributed by atoms with E-state index in [0.717, 1.165) is 19.4 Å². The predicted octanol–water partition coefficient (Wildman–Crippen LogP) is 3.11. The zero-order valence-electron chi connectivity index (χ0n) is 17.3. The van der Waals surface area contributed by atoms with Crippen molar-refractivity contribution in [1.29, 1.82) is 0 Å². The molecule has 1 saturated heterocycles. The third-order valence-corrected chi connectivity index (χ3v) is 4.39. The van der Waals surface area contributed by atoms with Crippen LogP contribution in [-0.2, 0) is 16.1 Å². The van der Waals surface area contributed by atoms with E-state index in [2.05, 4.69) is 20.9 Å². The van der Waals surface area contributed by atoms with Crippen LogP contribution in [0.25, 0.3) is 0 Å². The first-order valence-corrected chi connectivity index (χ1v) is 9.58. The normalized spacial score (nSPS) is 15.3. The standard InChI is InChI=1S/C18H20F2N4O2.C2HF3O2/c1-26-18-11(10-22-17(25)15-3-2-8-21-15)9-14(20)16(24-18)23-13-6-4-12(19)5-7-13;3-2(4,5)1(6)7/h4-7,9,15,21H,2-3,8,10H2,1H3,(H,22,25)(H,23,24);(H,6,7)/t15-;/m0./s1. The third kappa shape index (κ3) is 7.86. The summed E-state index contributed by atoms with van der Waals surface area (Å²) < 4.78 is 64.3. The topological polar surface area (TPSA) is 113 Å². The van der Waals surface area contributed by atoms with Gasteiger partial charge in [0.25, 0.3) is 0 Å². The van der Waals surface area contributed by atoms with Gasteiger partial charge >= 0.3 is 12.1 Å². The molecule has 1 amide bonds. The number of benzene rings is 1. The van der Waals surface area contributed by atoms with Crippen molar-refractivity contribution in [3.05, 3.63) is 47.5 Å². The summed E-state index contributed by atoms with van der Waals surface area (Å²) in [5, 5.41) is 15.8. The molecule has 0 bridgehead atoms. The number of halogens is 5. The average molecular weight is 476 g/mol. The highest BCUT2D eigenvalue weighted by molar-refractivity contribution is 5.82.